The number of rotatable bonds is 5. The summed E-state index contributed by atoms with van der Waals surface area (Å²) in [5.74, 6) is -0.0328. The second-order valence-electron chi connectivity index (χ2n) is 5.10. The number of ether oxygens (including phenoxy) is 1. The molecule has 2 aromatic rings. The fourth-order valence-electron chi connectivity index (χ4n) is 2.36. The van der Waals surface area contributed by atoms with Gasteiger partial charge in [-0.05, 0) is 24.3 Å². The van der Waals surface area contributed by atoms with Crippen molar-refractivity contribution >= 4 is 17.3 Å². The summed E-state index contributed by atoms with van der Waals surface area (Å²) in [5.41, 5.74) is 1.96. The number of hydrogen-bond acceptors (Lipinski definition) is 5. The Morgan fingerprint density at radius 3 is 2.68 bits per heavy atom. The number of nitrogens with zero attached hydrogens (tertiary/aromatic N) is 4. The summed E-state index contributed by atoms with van der Waals surface area (Å²) in [5, 5.41) is 6.86. The molecule has 1 aromatic carbocycles. The summed E-state index contributed by atoms with van der Waals surface area (Å²) < 4.78 is 6.98. The average Bonchev–Trinajstić information content (AvgIpc) is 3.08. The zero-order valence-electron chi connectivity index (χ0n) is 12.3. The van der Waals surface area contributed by atoms with E-state index in [4.69, 9.17) is 4.74 Å². The van der Waals surface area contributed by atoms with Crippen molar-refractivity contribution in [3.8, 4) is 0 Å². The normalized spacial score (nSPS) is 14.8. The highest BCUT2D eigenvalue weighted by Gasteiger charge is 2.11. The topological polar surface area (TPSA) is 72.3 Å². The third-order valence-electron chi connectivity index (χ3n) is 3.56. The van der Waals surface area contributed by atoms with E-state index < -0.39 is 0 Å². The van der Waals surface area contributed by atoms with Gasteiger partial charge >= 0.3 is 0 Å². The highest BCUT2D eigenvalue weighted by Crippen LogP contribution is 2.19. The Balaban J connectivity index is 1.50. The van der Waals surface area contributed by atoms with Gasteiger partial charge in [0.1, 0.15) is 12.7 Å². The first kappa shape index (κ1) is 14.5. The molecule has 2 heterocycles. The van der Waals surface area contributed by atoms with E-state index in [1.165, 1.54) is 6.33 Å². The molecule has 1 amide bonds. The van der Waals surface area contributed by atoms with Gasteiger partial charge < -0.3 is 15.0 Å². The number of benzene rings is 1. The number of carbonyl (C=O) groups is 1. The van der Waals surface area contributed by atoms with Crippen molar-refractivity contribution in [3.05, 3.63) is 36.9 Å². The van der Waals surface area contributed by atoms with Gasteiger partial charge in [0.05, 0.1) is 19.8 Å². The van der Waals surface area contributed by atoms with Crippen molar-refractivity contribution in [3.63, 3.8) is 0 Å². The first-order chi connectivity index (χ1) is 10.8. The van der Waals surface area contributed by atoms with Crippen LogP contribution in [0.1, 0.15) is 6.42 Å². The van der Waals surface area contributed by atoms with Crippen LogP contribution in [0.15, 0.2) is 36.9 Å². The molecule has 1 fully saturated rings. The molecule has 0 spiro atoms. The number of amides is 1. The number of morpholine rings is 1. The number of aryl methyl sites for hydroxylation is 1. The molecule has 1 aromatic heterocycles. The second kappa shape index (κ2) is 7.04. The maximum absolute atomic E-state index is 11.9. The van der Waals surface area contributed by atoms with Crippen LogP contribution in [-0.4, -0.2) is 47.0 Å². The first-order valence-corrected chi connectivity index (χ1v) is 7.36. The predicted molar refractivity (Wildman–Crippen MR) is 82.7 cm³/mol. The van der Waals surface area contributed by atoms with Crippen LogP contribution in [0.5, 0.6) is 0 Å². The smallest absolute Gasteiger partial charge is 0.226 e. The molecule has 22 heavy (non-hydrogen) atoms. The summed E-state index contributed by atoms with van der Waals surface area (Å²) in [7, 11) is 0. The lowest BCUT2D eigenvalue weighted by Crippen LogP contribution is -2.36. The van der Waals surface area contributed by atoms with Crippen molar-refractivity contribution in [1.29, 1.82) is 0 Å². The van der Waals surface area contributed by atoms with Gasteiger partial charge in [-0.1, -0.05) is 0 Å². The number of anilines is 2. The van der Waals surface area contributed by atoms with Gasteiger partial charge in [0.15, 0.2) is 0 Å². The molecule has 0 unspecified atom stereocenters. The Hall–Kier alpha value is -2.41. The van der Waals surface area contributed by atoms with Gasteiger partial charge in [-0.3, -0.25) is 9.48 Å². The summed E-state index contributed by atoms with van der Waals surface area (Å²) in [6, 6.07) is 7.91. The Morgan fingerprint density at radius 1 is 1.23 bits per heavy atom. The van der Waals surface area contributed by atoms with Crippen LogP contribution in [0, 0.1) is 0 Å². The van der Waals surface area contributed by atoms with Gasteiger partial charge in [-0.25, -0.2) is 4.98 Å². The fraction of sp³-hybridized carbons (Fsp3) is 0.400. The van der Waals surface area contributed by atoms with Gasteiger partial charge in [0, 0.05) is 30.9 Å². The van der Waals surface area contributed by atoms with Gasteiger partial charge in [-0.2, -0.15) is 5.10 Å². The van der Waals surface area contributed by atoms with E-state index in [2.05, 4.69) is 20.3 Å². The monoisotopic (exact) mass is 301 g/mol. The molecule has 1 saturated heterocycles. The van der Waals surface area contributed by atoms with Crippen LogP contribution in [-0.2, 0) is 16.1 Å². The maximum Gasteiger partial charge on any atom is 0.226 e. The van der Waals surface area contributed by atoms with E-state index in [9.17, 15) is 4.79 Å². The fourth-order valence-corrected chi connectivity index (χ4v) is 2.36. The highest BCUT2D eigenvalue weighted by atomic mass is 16.5. The molecule has 1 aliphatic heterocycles. The van der Waals surface area contributed by atoms with Crippen molar-refractivity contribution in [2.75, 3.05) is 36.5 Å². The largest absolute Gasteiger partial charge is 0.378 e. The van der Waals surface area contributed by atoms with Gasteiger partial charge in [-0.15, -0.1) is 0 Å². The minimum absolute atomic E-state index is 0.0328. The Bertz CT molecular complexity index is 591. The molecule has 7 heteroatoms. The maximum atomic E-state index is 11.9. The zero-order chi connectivity index (χ0) is 15.2. The summed E-state index contributed by atoms with van der Waals surface area (Å²) in [6.07, 6.45) is 3.43. The van der Waals surface area contributed by atoms with E-state index >= 15 is 0 Å². The quantitative estimate of drug-likeness (QED) is 0.896. The highest BCUT2D eigenvalue weighted by molar-refractivity contribution is 5.90. The van der Waals surface area contributed by atoms with Crippen LogP contribution >= 0.6 is 0 Å². The first-order valence-electron chi connectivity index (χ1n) is 7.36. The Kier molecular flexibility index (Phi) is 4.65. The van der Waals surface area contributed by atoms with Crippen LogP contribution in [0.4, 0.5) is 11.4 Å². The van der Waals surface area contributed by atoms with Gasteiger partial charge in [0.2, 0.25) is 5.91 Å². The SMILES string of the molecule is O=C(CCn1cncn1)Nc1ccc(N2CCOCC2)cc1. The molecular formula is C15H19N5O2. The molecule has 1 aliphatic rings. The number of hydrogen-bond donors (Lipinski definition) is 1. The van der Waals surface area contributed by atoms with Crippen molar-refractivity contribution in [1.82, 2.24) is 14.8 Å². The second-order valence-corrected chi connectivity index (χ2v) is 5.10. The van der Waals surface area contributed by atoms with E-state index in [-0.39, 0.29) is 5.91 Å². The Labute approximate surface area is 128 Å². The molecule has 0 radical (unpaired) electrons. The lowest BCUT2D eigenvalue weighted by Gasteiger charge is -2.28. The number of nitrogens with one attached hydrogen (secondary N) is 1. The number of carbonyl (C=O) groups excluding carboxylic acids is 1. The van der Waals surface area contributed by atoms with Crippen LogP contribution in [0.3, 0.4) is 0 Å². The summed E-state index contributed by atoms with van der Waals surface area (Å²) >= 11 is 0. The minimum atomic E-state index is -0.0328. The average molecular weight is 301 g/mol. The van der Waals surface area contributed by atoms with E-state index in [0.717, 1.165) is 37.7 Å². The molecule has 0 saturated carbocycles. The summed E-state index contributed by atoms with van der Waals surface area (Å²) in [6.45, 7) is 3.87. The lowest BCUT2D eigenvalue weighted by atomic mass is 10.2. The van der Waals surface area contributed by atoms with Crippen LogP contribution in [0.2, 0.25) is 0 Å². The lowest BCUT2D eigenvalue weighted by molar-refractivity contribution is -0.116. The molecule has 0 atom stereocenters. The van der Waals surface area contributed by atoms with E-state index in [1.54, 1.807) is 11.0 Å². The molecule has 0 bridgehead atoms. The molecule has 7 nitrogen and oxygen atoms in total. The van der Waals surface area contributed by atoms with Crippen molar-refractivity contribution < 1.29 is 9.53 Å². The minimum Gasteiger partial charge on any atom is -0.378 e. The zero-order valence-corrected chi connectivity index (χ0v) is 12.3. The predicted octanol–water partition coefficient (Wildman–Crippen LogP) is 1.14. The van der Waals surface area contributed by atoms with E-state index in [1.807, 2.05) is 24.3 Å². The summed E-state index contributed by atoms with van der Waals surface area (Å²) in [4.78, 5) is 18.0. The van der Waals surface area contributed by atoms with Crippen molar-refractivity contribution in [2.24, 2.45) is 0 Å². The Morgan fingerprint density at radius 2 is 2.00 bits per heavy atom. The van der Waals surface area contributed by atoms with Gasteiger partial charge in [0.25, 0.3) is 0 Å². The van der Waals surface area contributed by atoms with Crippen LogP contribution < -0.4 is 10.2 Å². The molecule has 1 N–H and O–H groups in total. The molecular weight excluding hydrogens is 282 g/mol. The van der Waals surface area contributed by atoms with E-state index in [0.29, 0.717) is 13.0 Å². The third-order valence-corrected chi connectivity index (χ3v) is 3.56. The molecule has 0 aliphatic carbocycles. The van der Waals surface area contributed by atoms with Crippen LogP contribution in [0.25, 0.3) is 0 Å². The number of aromatic nitrogens is 3. The van der Waals surface area contributed by atoms with Crippen molar-refractivity contribution in [2.45, 2.75) is 13.0 Å². The third kappa shape index (κ3) is 3.82. The standard InChI is InChI=1S/C15H19N5O2/c21-15(5-6-20-12-16-11-17-20)18-13-1-3-14(4-2-13)19-7-9-22-10-8-19/h1-4,11-12H,5-10H2,(H,18,21). The molecule has 116 valence electrons. The molecule has 3 rings (SSSR count).